The molecule has 2 saturated heterocycles. The molecule has 2 heterocycles. The van der Waals surface area contributed by atoms with Gasteiger partial charge < -0.3 is 9.64 Å². The zero-order valence-electron chi connectivity index (χ0n) is 12.7. The molecule has 1 aromatic carbocycles. The van der Waals surface area contributed by atoms with Crippen LogP contribution in [0, 0.1) is 12.3 Å². The number of carbonyl (C=O) groups is 1. The zero-order chi connectivity index (χ0) is 15.4. The number of fused-ring (bicyclic) bond motifs is 2. The minimum atomic E-state index is -0.182. The second kappa shape index (κ2) is 6.70. The number of ether oxygens (including phenoxy) is 1. The van der Waals surface area contributed by atoms with Crippen LogP contribution in [0.2, 0.25) is 0 Å². The molecule has 3 rings (SSSR count). The highest BCUT2D eigenvalue weighted by Gasteiger charge is 2.39. The summed E-state index contributed by atoms with van der Waals surface area (Å²) in [5.74, 6) is 2.62. The number of allylic oxidation sites excluding steroid dienone is 1. The van der Waals surface area contributed by atoms with E-state index >= 15 is 0 Å². The third kappa shape index (κ3) is 3.17. The van der Waals surface area contributed by atoms with Gasteiger partial charge in [0.25, 0.3) is 0 Å². The van der Waals surface area contributed by atoms with Crippen LogP contribution in [0.15, 0.2) is 42.0 Å². The van der Waals surface area contributed by atoms with Crippen LogP contribution < -0.4 is 0 Å². The number of amides is 1. The molecule has 1 aromatic rings. The lowest BCUT2D eigenvalue weighted by molar-refractivity contribution is 0.0313. The Morgan fingerprint density at radius 2 is 1.95 bits per heavy atom. The van der Waals surface area contributed by atoms with E-state index < -0.39 is 0 Å². The van der Waals surface area contributed by atoms with Gasteiger partial charge in [0, 0.05) is 12.1 Å². The number of carbonyl (C=O) groups excluding carboxylic acids is 1. The summed E-state index contributed by atoms with van der Waals surface area (Å²) in [5.41, 5.74) is 2.32. The molecule has 0 N–H and O–H groups in total. The first-order valence-corrected chi connectivity index (χ1v) is 7.91. The molecule has 0 aromatic heterocycles. The lowest BCUT2D eigenvalue weighted by Crippen LogP contribution is -2.53. The Hall–Kier alpha value is -2.21. The summed E-state index contributed by atoms with van der Waals surface area (Å²) in [7, 11) is 0. The summed E-state index contributed by atoms with van der Waals surface area (Å²) in [5, 5.41) is 0. The van der Waals surface area contributed by atoms with Crippen LogP contribution in [0.1, 0.15) is 37.7 Å². The zero-order valence-corrected chi connectivity index (χ0v) is 12.7. The Bertz CT molecular complexity index is 584. The molecule has 2 aliphatic rings. The molecular weight excluding hydrogens is 274 g/mol. The Morgan fingerprint density at radius 3 is 2.59 bits per heavy atom. The van der Waals surface area contributed by atoms with Gasteiger partial charge >= 0.3 is 6.09 Å². The van der Waals surface area contributed by atoms with Crippen LogP contribution in [0.5, 0.6) is 0 Å². The molecule has 22 heavy (non-hydrogen) atoms. The number of benzene rings is 1. The normalized spacial score (nSPS) is 23.6. The number of nitrogens with zero attached hydrogens (tertiary/aromatic N) is 1. The Morgan fingerprint density at radius 1 is 1.27 bits per heavy atom. The standard InChI is InChI=1S/C19H21NO2/c1-2-7-16-12-17-10-6-11-18(13-16)20(17)19(21)22-14-15-8-4-3-5-9-15/h1,3-5,7-9,17-18H,6,10-14H2. The molecule has 2 bridgehead atoms. The molecule has 2 atom stereocenters. The van der Waals surface area contributed by atoms with Crippen LogP contribution in [0.4, 0.5) is 4.79 Å². The van der Waals surface area contributed by atoms with E-state index in [1.54, 1.807) is 0 Å². The lowest BCUT2D eigenvalue weighted by atomic mass is 9.82. The highest BCUT2D eigenvalue weighted by atomic mass is 16.6. The van der Waals surface area contributed by atoms with Crippen LogP contribution in [-0.2, 0) is 11.3 Å². The number of hydrogen-bond acceptors (Lipinski definition) is 2. The fraction of sp³-hybridized carbons (Fsp3) is 0.421. The van der Waals surface area contributed by atoms with Gasteiger partial charge in [-0.15, -0.1) is 6.42 Å². The molecule has 0 saturated carbocycles. The SMILES string of the molecule is C#CC=C1CC2CCCC(C1)N2C(=O)OCc1ccccc1. The molecule has 2 fully saturated rings. The Kier molecular flexibility index (Phi) is 4.48. The molecular formula is C19H21NO2. The van der Waals surface area contributed by atoms with Gasteiger partial charge in [-0.1, -0.05) is 41.8 Å². The van der Waals surface area contributed by atoms with Crippen molar-refractivity contribution in [1.82, 2.24) is 4.90 Å². The molecule has 3 heteroatoms. The molecule has 2 aliphatic heterocycles. The Labute approximate surface area is 132 Å². The van der Waals surface area contributed by atoms with Crippen LogP contribution in [-0.4, -0.2) is 23.1 Å². The summed E-state index contributed by atoms with van der Waals surface area (Å²) in [6.45, 7) is 0.336. The van der Waals surface area contributed by atoms with Crippen molar-refractivity contribution < 1.29 is 9.53 Å². The van der Waals surface area contributed by atoms with E-state index in [0.717, 1.165) is 31.2 Å². The van der Waals surface area contributed by atoms with Gasteiger partial charge in [-0.2, -0.15) is 0 Å². The minimum absolute atomic E-state index is 0.182. The lowest BCUT2D eigenvalue weighted by Gasteiger charge is -2.46. The van der Waals surface area contributed by atoms with Gasteiger partial charge in [-0.05, 0) is 43.7 Å². The molecule has 3 nitrogen and oxygen atoms in total. The molecule has 0 spiro atoms. The molecule has 1 amide bonds. The van der Waals surface area contributed by atoms with Crippen LogP contribution in [0.25, 0.3) is 0 Å². The average Bonchev–Trinajstić information content (AvgIpc) is 2.53. The summed E-state index contributed by atoms with van der Waals surface area (Å²) >= 11 is 0. The highest BCUT2D eigenvalue weighted by molar-refractivity contribution is 5.69. The van der Waals surface area contributed by atoms with Gasteiger partial charge in [0.2, 0.25) is 0 Å². The van der Waals surface area contributed by atoms with Gasteiger partial charge in [-0.3, -0.25) is 0 Å². The number of terminal acetylenes is 1. The van der Waals surface area contributed by atoms with Crippen molar-refractivity contribution >= 4 is 6.09 Å². The van der Waals surface area contributed by atoms with E-state index in [0.29, 0.717) is 6.61 Å². The van der Waals surface area contributed by atoms with E-state index in [1.807, 2.05) is 41.3 Å². The van der Waals surface area contributed by atoms with E-state index in [-0.39, 0.29) is 18.2 Å². The fourth-order valence-electron chi connectivity index (χ4n) is 3.58. The van der Waals surface area contributed by atoms with Crippen molar-refractivity contribution in [3.63, 3.8) is 0 Å². The minimum Gasteiger partial charge on any atom is -0.445 e. The monoisotopic (exact) mass is 295 g/mol. The van der Waals surface area contributed by atoms with Crippen molar-refractivity contribution in [2.24, 2.45) is 0 Å². The topological polar surface area (TPSA) is 29.5 Å². The fourth-order valence-corrected chi connectivity index (χ4v) is 3.58. The summed E-state index contributed by atoms with van der Waals surface area (Å²) in [6, 6.07) is 10.3. The maximum Gasteiger partial charge on any atom is 0.410 e. The first-order chi connectivity index (χ1) is 10.8. The summed E-state index contributed by atoms with van der Waals surface area (Å²) in [6.07, 6.45) is 12.1. The number of piperidine rings is 2. The number of hydrogen-bond donors (Lipinski definition) is 0. The summed E-state index contributed by atoms with van der Waals surface area (Å²) in [4.78, 5) is 14.5. The van der Waals surface area contributed by atoms with E-state index in [9.17, 15) is 4.79 Å². The van der Waals surface area contributed by atoms with Gasteiger partial charge in [0.1, 0.15) is 6.61 Å². The van der Waals surface area contributed by atoms with E-state index in [2.05, 4.69) is 5.92 Å². The first kappa shape index (κ1) is 14.7. The largest absolute Gasteiger partial charge is 0.445 e. The van der Waals surface area contributed by atoms with Crippen molar-refractivity contribution in [2.75, 3.05) is 0 Å². The third-order valence-electron chi connectivity index (χ3n) is 4.56. The van der Waals surface area contributed by atoms with E-state index in [1.165, 1.54) is 12.0 Å². The second-order valence-electron chi connectivity index (χ2n) is 6.06. The molecule has 0 radical (unpaired) electrons. The molecule has 114 valence electrons. The van der Waals surface area contributed by atoms with Gasteiger partial charge in [-0.25, -0.2) is 4.79 Å². The average molecular weight is 295 g/mol. The van der Waals surface area contributed by atoms with Crippen molar-refractivity contribution in [2.45, 2.75) is 50.8 Å². The molecule has 2 unspecified atom stereocenters. The van der Waals surface area contributed by atoms with Crippen LogP contribution >= 0.6 is 0 Å². The van der Waals surface area contributed by atoms with Gasteiger partial charge in [0.15, 0.2) is 0 Å². The number of rotatable bonds is 2. The van der Waals surface area contributed by atoms with Crippen molar-refractivity contribution in [3.05, 3.63) is 47.5 Å². The predicted molar refractivity (Wildman–Crippen MR) is 86.0 cm³/mol. The molecule has 0 aliphatic carbocycles. The first-order valence-electron chi connectivity index (χ1n) is 7.91. The maximum atomic E-state index is 12.5. The van der Waals surface area contributed by atoms with Gasteiger partial charge in [0.05, 0.1) is 0 Å². The van der Waals surface area contributed by atoms with Crippen molar-refractivity contribution in [1.29, 1.82) is 0 Å². The smallest absolute Gasteiger partial charge is 0.410 e. The van der Waals surface area contributed by atoms with Crippen molar-refractivity contribution in [3.8, 4) is 12.3 Å². The highest BCUT2D eigenvalue weighted by Crippen LogP contribution is 2.37. The summed E-state index contributed by atoms with van der Waals surface area (Å²) < 4.78 is 5.53. The predicted octanol–water partition coefficient (Wildman–Crippen LogP) is 3.90. The third-order valence-corrected chi connectivity index (χ3v) is 4.56. The van der Waals surface area contributed by atoms with Crippen LogP contribution in [0.3, 0.4) is 0 Å². The maximum absolute atomic E-state index is 12.5. The van der Waals surface area contributed by atoms with E-state index in [4.69, 9.17) is 11.2 Å². The second-order valence-corrected chi connectivity index (χ2v) is 6.06. The quantitative estimate of drug-likeness (QED) is 0.774. The Balaban J connectivity index is 1.65.